The number of nitrogens with one attached hydrogen (secondary N) is 1. The van der Waals surface area contributed by atoms with Gasteiger partial charge in [0.1, 0.15) is 0 Å². The maximum absolute atomic E-state index is 6.01. The summed E-state index contributed by atoms with van der Waals surface area (Å²) in [5, 5.41) is 1.94. The van der Waals surface area contributed by atoms with Gasteiger partial charge < -0.3 is 5.73 Å². The molecule has 4 nitrogen and oxygen atoms in total. The number of nitrogen functional groups attached to an aromatic ring is 1. The second-order valence-electron chi connectivity index (χ2n) is 4.02. The molecule has 0 fully saturated rings. The number of hydrazine groups is 1. The molecule has 0 atom stereocenters. The first-order valence-electron chi connectivity index (χ1n) is 5.62. The minimum absolute atomic E-state index is 0.745. The quantitative estimate of drug-likeness (QED) is 0.627. The third-order valence-corrected chi connectivity index (χ3v) is 2.81. The first-order valence-corrected chi connectivity index (χ1v) is 5.62. The maximum atomic E-state index is 6.01. The van der Waals surface area contributed by atoms with Gasteiger partial charge in [-0.25, -0.2) is 15.2 Å². The molecule has 90 valence electrons. The van der Waals surface area contributed by atoms with Gasteiger partial charge in [0.25, 0.3) is 0 Å². The van der Waals surface area contributed by atoms with E-state index in [4.69, 9.17) is 5.73 Å². The van der Waals surface area contributed by atoms with E-state index in [1.807, 2.05) is 36.4 Å². The van der Waals surface area contributed by atoms with Gasteiger partial charge in [0, 0.05) is 18.4 Å². The fourth-order valence-corrected chi connectivity index (χ4v) is 1.98. The Balaban J connectivity index is 2.52. The van der Waals surface area contributed by atoms with E-state index >= 15 is 0 Å². The molecule has 2 aromatic rings. The minimum Gasteiger partial charge on any atom is -0.397 e. The molecule has 0 aliphatic rings. The summed E-state index contributed by atoms with van der Waals surface area (Å²) < 4.78 is 2.09. The second-order valence-corrected chi connectivity index (χ2v) is 4.02. The smallest absolute Gasteiger partial charge is 0.0991 e. The molecule has 2 rings (SSSR count). The molecular formula is C13H18N4. The Hall–Kier alpha value is -1.94. The van der Waals surface area contributed by atoms with Gasteiger partial charge >= 0.3 is 0 Å². The molecule has 0 aliphatic heterocycles. The lowest BCUT2D eigenvalue weighted by molar-refractivity contribution is 0.593. The topological polar surface area (TPSA) is 46.2 Å². The van der Waals surface area contributed by atoms with E-state index in [9.17, 15) is 0 Å². The molecule has 17 heavy (non-hydrogen) atoms. The van der Waals surface area contributed by atoms with Gasteiger partial charge in [-0.05, 0) is 38.1 Å². The third-order valence-electron chi connectivity index (χ3n) is 2.81. The van der Waals surface area contributed by atoms with E-state index in [0.717, 1.165) is 22.8 Å². The van der Waals surface area contributed by atoms with Crippen LogP contribution in [0.1, 0.15) is 11.4 Å². The van der Waals surface area contributed by atoms with E-state index in [-0.39, 0.29) is 0 Å². The molecular weight excluding hydrogens is 212 g/mol. The fourth-order valence-electron chi connectivity index (χ4n) is 1.98. The lowest BCUT2D eigenvalue weighted by atomic mass is 10.3. The van der Waals surface area contributed by atoms with Gasteiger partial charge in [0.05, 0.1) is 11.4 Å². The van der Waals surface area contributed by atoms with Crippen molar-refractivity contribution in [2.45, 2.75) is 13.8 Å². The van der Waals surface area contributed by atoms with E-state index in [0.29, 0.717) is 0 Å². The Morgan fingerprint density at radius 2 is 1.65 bits per heavy atom. The summed E-state index contributed by atoms with van der Waals surface area (Å²) in [5.41, 5.74) is 13.2. The Morgan fingerprint density at radius 3 is 2.18 bits per heavy atom. The molecule has 0 saturated carbocycles. The van der Waals surface area contributed by atoms with E-state index < -0.39 is 0 Å². The molecule has 0 spiro atoms. The van der Waals surface area contributed by atoms with Crippen LogP contribution in [0.3, 0.4) is 0 Å². The number of nitrogens with two attached hydrogens (primary N) is 1. The number of rotatable bonds is 3. The van der Waals surface area contributed by atoms with Crippen LogP contribution in [0.5, 0.6) is 0 Å². The van der Waals surface area contributed by atoms with Crippen LogP contribution < -0.4 is 16.3 Å². The lowest BCUT2D eigenvalue weighted by Gasteiger charge is -2.28. The molecule has 0 aliphatic carbocycles. The summed E-state index contributed by atoms with van der Waals surface area (Å²) in [7, 11) is 1.88. The molecule has 3 N–H and O–H groups in total. The molecule has 0 radical (unpaired) electrons. The van der Waals surface area contributed by atoms with Crippen LogP contribution in [-0.2, 0) is 0 Å². The SMILES string of the molecule is CNN(c1ccccc1N)n1c(C)ccc1C. The van der Waals surface area contributed by atoms with Gasteiger partial charge in [0.2, 0.25) is 0 Å². The molecule has 1 heterocycles. The largest absolute Gasteiger partial charge is 0.397 e. The Labute approximate surface area is 102 Å². The van der Waals surface area contributed by atoms with Crippen molar-refractivity contribution >= 4 is 11.4 Å². The van der Waals surface area contributed by atoms with Gasteiger partial charge in [-0.3, -0.25) is 0 Å². The average molecular weight is 230 g/mol. The van der Waals surface area contributed by atoms with Crippen molar-refractivity contribution < 1.29 is 0 Å². The number of aryl methyl sites for hydroxylation is 2. The predicted molar refractivity (Wildman–Crippen MR) is 71.7 cm³/mol. The highest BCUT2D eigenvalue weighted by atomic mass is 15.7. The summed E-state index contributed by atoms with van der Waals surface area (Å²) in [5.74, 6) is 0. The standard InChI is InChI=1S/C13H18N4/c1-10-8-9-11(2)16(10)17(15-3)13-7-5-4-6-12(13)14/h4-9,15H,14H2,1-3H3. The van der Waals surface area contributed by atoms with Crippen molar-refractivity contribution in [3.8, 4) is 0 Å². The number of hydrogen-bond donors (Lipinski definition) is 2. The number of hydrogen-bond acceptors (Lipinski definition) is 3. The molecule has 1 aromatic carbocycles. The molecule has 0 unspecified atom stereocenters. The number of anilines is 2. The Bertz CT molecular complexity index is 496. The van der Waals surface area contributed by atoms with Crippen molar-refractivity contribution in [3.63, 3.8) is 0 Å². The molecule has 0 saturated heterocycles. The van der Waals surface area contributed by atoms with Gasteiger partial charge in [-0.15, -0.1) is 0 Å². The first kappa shape index (κ1) is 11.5. The van der Waals surface area contributed by atoms with Crippen molar-refractivity contribution in [2.24, 2.45) is 0 Å². The fraction of sp³-hybridized carbons (Fsp3) is 0.231. The van der Waals surface area contributed by atoms with Gasteiger partial charge in [-0.1, -0.05) is 12.1 Å². The molecule has 0 bridgehead atoms. The normalized spacial score (nSPS) is 10.5. The first-order chi connectivity index (χ1) is 8.15. The van der Waals surface area contributed by atoms with E-state index in [2.05, 4.69) is 36.1 Å². The summed E-state index contributed by atoms with van der Waals surface area (Å²) in [6.07, 6.45) is 0. The predicted octanol–water partition coefficient (Wildman–Crippen LogP) is 2.09. The third kappa shape index (κ3) is 1.99. The van der Waals surface area contributed by atoms with Crippen LogP contribution in [0.25, 0.3) is 0 Å². The van der Waals surface area contributed by atoms with Crippen molar-refractivity contribution in [1.82, 2.24) is 10.1 Å². The summed E-state index contributed by atoms with van der Waals surface area (Å²) >= 11 is 0. The zero-order valence-corrected chi connectivity index (χ0v) is 10.4. The summed E-state index contributed by atoms with van der Waals surface area (Å²) in [4.78, 5) is 0. The van der Waals surface area contributed by atoms with E-state index in [1.54, 1.807) is 0 Å². The second kappa shape index (κ2) is 4.51. The zero-order chi connectivity index (χ0) is 12.4. The minimum atomic E-state index is 0.745. The lowest BCUT2D eigenvalue weighted by Crippen LogP contribution is -2.41. The van der Waals surface area contributed by atoms with Crippen LogP contribution in [0.4, 0.5) is 11.4 Å². The van der Waals surface area contributed by atoms with Crippen LogP contribution >= 0.6 is 0 Å². The van der Waals surface area contributed by atoms with Crippen molar-refractivity contribution in [1.29, 1.82) is 0 Å². The van der Waals surface area contributed by atoms with Crippen LogP contribution in [0, 0.1) is 13.8 Å². The summed E-state index contributed by atoms with van der Waals surface area (Å²) in [6, 6.07) is 12.0. The van der Waals surface area contributed by atoms with Crippen LogP contribution in [0.2, 0.25) is 0 Å². The highest BCUT2D eigenvalue weighted by molar-refractivity contribution is 5.66. The molecule has 1 aromatic heterocycles. The van der Waals surface area contributed by atoms with Crippen molar-refractivity contribution in [3.05, 3.63) is 47.8 Å². The Morgan fingerprint density at radius 1 is 1.06 bits per heavy atom. The number of para-hydroxylation sites is 2. The van der Waals surface area contributed by atoms with Gasteiger partial charge in [0.15, 0.2) is 0 Å². The zero-order valence-electron chi connectivity index (χ0n) is 10.4. The van der Waals surface area contributed by atoms with Crippen LogP contribution in [0.15, 0.2) is 36.4 Å². The van der Waals surface area contributed by atoms with Crippen LogP contribution in [-0.4, -0.2) is 11.7 Å². The molecule has 0 amide bonds. The average Bonchev–Trinajstić information content (AvgIpc) is 2.64. The van der Waals surface area contributed by atoms with Gasteiger partial charge in [-0.2, -0.15) is 0 Å². The number of nitrogens with zero attached hydrogens (tertiary/aromatic N) is 2. The monoisotopic (exact) mass is 230 g/mol. The van der Waals surface area contributed by atoms with Crippen molar-refractivity contribution in [2.75, 3.05) is 17.9 Å². The summed E-state index contributed by atoms with van der Waals surface area (Å²) in [6.45, 7) is 4.13. The highest BCUT2D eigenvalue weighted by Crippen LogP contribution is 2.23. The van der Waals surface area contributed by atoms with E-state index in [1.165, 1.54) is 0 Å². The molecule has 4 heteroatoms. The maximum Gasteiger partial charge on any atom is 0.0991 e. The highest BCUT2D eigenvalue weighted by Gasteiger charge is 2.12. The number of benzene rings is 1. The number of aromatic nitrogens is 1. The Kier molecular flexibility index (Phi) is 3.06.